The summed E-state index contributed by atoms with van der Waals surface area (Å²) in [6.45, 7) is 0. The van der Waals surface area contributed by atoms with Crippen LogP contribution in [0.5, 0.6) is 0 Å². The molecule has 1 aromatic carbocycles. The fourth-order valence-electron chi connectivity index (χ4n) is 2.54. The number of benzene rings is 1. The smallest absolute Gasteiger partial charge is 0.253 e. The highest BCUT2D eigenvalue weighted by Gasteiger charge is 2.31. The maximum atomic E-state index is 12.3. The summed E-state index contributed by atoms with van der Waals surface area (Å²) in [7, 11) is -3.27. The van der Waals surface area contributed by atoms with Crippen molar-refractivity contribution in [1.29, 1.82) is 0 Å². The Hall–Kier alpha value is -1.92. The number of hydrogen-bond acceptors (Lipinski definition) is 4. The Balaban J connectivity index is 1.91. The molecule has 22 heavy (non-hydrogen) atoms. The molecule has 114 valence electrons. The average molecular weight is 337 g/mol. The van der Waals surface area contributed by atoms with Crippen molar-refractivity contribution in [3.8, 4) is 0 Å². The van der Waals surface area contributed by atoms with Crippen molar-refractivity contribution in [3.63, 3.8) is 0 Å². The van der Waals surface area contributed by atoms with Crippen LogP contribution in [0.3, 0.4) is 0 Å². The number of sulfone groups is 1. The summed E-state index contributed by atoms with van der Waals surface area (Å²) in [4.78, 5) is 16.5. The van der Waals surface area contributed by atoms with Crippen LogP contribution in [0.1, 0.15) is 28.4 Å². The molecular formula is C15H13ClN2O3S. The SMILES string of the molecule is O=C(NC1CCS(=O)(=O)c2ccccc21)c1ccncc1Cl. The van der Waals surface area contributed by atoms with Crippen molar-refractivity contribution in [1.82, 2.24) is 10.3 Å². The molecule has 0 radical (unpaired) electrons. The first-order valence-electron chi connectivity index (χ1n) is 6.71. The molecule has 1 aliphatic rings. The molecule has 1 atom stereocenters. The van der Waals surface area contributed by atoms with Crippen LogP contribution in [0.15, 0.2) is 47.6 Å². The van der Waals surface area contributed by atoms with Crippen molar-refractivity contribution in [2.75, 3.05) is 5.75 Å². The number of rotatable bonds is 2. The minimum Gasteiger partial charge on any atom is -0.345 e. The van der Waals surface area contributed by atoms with E-state index in [-0.39, 0.29) is 27.6 Å². The lowest BCUT2D eigenvalue weighted by atomic mass is 10.0. The molecule has 1 aromatic heterocycles. The molecule has 1 unspecified atom stereocenters. The van der Waals surface area contributed by atoms with Crippen LogP contribution in [0.4, 0.5) is 0 Å². The molecule has 1 amide bonds. The topological polar surface area (TPSA) is 76.1 Å². The summed E-state index contributed by atoms with van der Waals surface area (Å²) in [6, 6.07) is 7.92. The lowest BCUT2D eigenvalue weighted by molar-refractivity contribution is 0.0934. The third-order valence-electron chi connectivity index (χ3n) is 3.63. The van der Waals surface area contributed by atoms with E-state index in [1.165, 1.54) is 18.5 Å². The van der Waals surface area contributed by atoms with Gasteiger partial charge in [-0.1, -0.05) is 29.8 Å². The molecule has 0 saturated heterocycles. The van der Waals surface area contributed by atoms with E-state index in [2.05, 4.69) is 10.3 Å². The van der Waals surface area contributed by atoms with E-state index in [1.54, 1.807) is 24.3 Å². The van der Waals surface area contributed by atoms with E-state index < -0.39 is 9.84 Å². The summed E-state index contributed by atoms with van der Waals surface area (Å²) >= 11 is 5.96. The number of carbonyl (C=O) groups excluding carboxylic acids is 1. The Morgan fingerprint density at radius 3 is 2.82 bits per heavy atom. The van der Waals surface area contributed by atoms with E-state index in [0.717, 1.165) is 0 Å². The monoisotopic (exact) mass is 336 g/mol. The van der Waals surface area contributed by atoms with E-state index in [1.807, 2.05) is 0 Å². The third kappa shape index (κ3) is 2.71. The molecule has 2 heterocycles. The van der Waals surface area contributed by atoms with Crippen LogP contribution in [-0.4, -0.2) is 25.1 Å². The number of pyridine rings is 1. The minimum atomic E-state index is -3.27. The van der Waals surface area contributed by atoms with Gasteiger partial charge in [0.15, 0.2) is 9.84 Å². The third-order valence-corrected chi connectivity index (χ3v) is 5.74. The summed E-state index contributed by atoms with van der Waals surface area (Å²) in [5.74, 6) is -0.328. The first-order valence-corrected chi connectivity index (χ1v) is 8.74. The zero-order chi connectivity index (χ0) is 15.7. The van der Waals surface area contributed by atoms with Crippen LogP contribution in [0.25, 0.3) is 0 Å². The van der Waals surface area contributed by atoms with Crippen molar-refractivity contribution in [2.45, 2.75) is 17.4 Å². The van der Waals surface area contributed by atoms with Crippen LogP contribution in [-0.2, 0) is 9.84 Å². The number of carbonyl (C=O) groups is 1. The Kier molecular flexibility index (Phi) is 3.88. The number of amides is 1. The molecule has 3 rings (SSSR count). The Morgan fingerprint density at radius 2 is 2.05 bits per heavy atom. The number of fused-ring (bicyclic) bond motifs is 1. The van der Waals surface area contributed by atoms with Gasteiger partial charge >= 0.3 is 0 Å². The van der Waals surface area contributed by atoms with Gasteiger partial charge < -0.3 is 5.32 Å². The lowest BCUT2D eigenvalue weighted by Gasteiger charge is -2.26. The summed E-state index contributed by atoms with van der Waals surface area (Å²) < 4.78 is 24.2. The number of nitrogens with one attached hydrogen (secondary N) is 1. The zero-order valence-corrected chi connectivity index (χ0v) is 13.1. The molecule has 2 aromatic rings. The van der Waals surface area contributed by atoms with Gasteiger partial charge in [-0.3, -0.25) is 9.78 Å². The molecule has 7 heteroatoms. The van der Waals surface area contributed by atoms with Gasteiger partial charge in [0.1, 0.15) is 0 Å². The molecule has 1 aliphatic heterocycles. The van der Waals surface area contributed by atoms with E-state index in [0.29, 0.717) is 17.5 Å². The maximum absolute atomic E-state index is 12.3. The van der Waals surface area contributed by atoms with Crippen molar-refractivity contribution >= 4 is 27.3 Å². The largest absolute Gasteiger partial charge is 0.345 e. The summed E-state index contributed by atoms with van der Waals surface area (Å²) in [6.07, 6.45) is 3.23. The summed E-state index contributed by atoms with van der Waals surface area (Å²) in [5.41, 5.74) is 0.940. The molecule has 1 N–H and O–H groups in total. The quantitative estimate of drug-likeness (QED) is 0.913. The fraction of sp³-hybridized carbons (Fsp3) is 0.200. The lowest BCUT2D eigenvalue weighted by Crippen LogP contribution is -2.34. The molecule has 0 saturated carbocycles. The first-order chi connectivity index (χ1) is 10.5. The van der Waals surface area contributed by atoms with Crippen LogP contribution in [0.2, 0.25) is 5.02 Å². The second-order valence-corrected chi connectivity index (χ2v) is 7.51. The van der Waals surface area contributed by atoms with Gasteiger partial charge in [-0.25, -0.2) is 8.42 Å². The van der Waals surface area contributed by atoms with Crippen molar-refractivity contribution < 1.29 is 13.2 Å². The standard InChI is InChI=1S/C15H13ClN2O3S/c16-12-9-17-7-5-10(12)15(19)18-13-6-8-22(20,21)14-4-2-1-3-11(13)14/h1-5,7,9,13H,6,8H2,(H,18,19). The zero-order valence-electron chi connectivity index (χ0n) is 11.5. The highest BCUT2D eigenvalue weighted by molar-refractivity contribution is 7.91. The van der Waals surface area contributed by atoms with Gasteiger partial charge in [0.25, 0.3) is 5.91 Å². The van der Waals surface area contributed by atoms with Crippen LogP contribution < -0.4 is 5.32 Å². The van der Waals surface area contributed by atoms with Crippen LogP contribution in [0, 0.1) is 0 Å². The van der Waals surface area contributed by atoms with E-state index in [9.17, 15) is 13.2 Å². The van der Waals surface area contributed by atoms with Gasteiger partial charge in [-0.05, 0) is 24.1 Å². The van der Waals surface area contributed by atoms with E-state index >= 15 is 0 Å². The highest BCUT2D eigenvalue weighted by Crippen LogP contribution is 2.32. The molecular weight excluding hydrogens is 324 g/mol. The van der Waals surface area contributed by atoms with Gasteiger partial charge in [0.05, 0.1) is 27.3 Å². The summed E-state index contributed by atoms with van der Waals surface area (Å²) in [5, 5.41) is 3.12. The molecule has 0 aliphatic carbocycles. The predicted molar refractivity (Wildman–Crippen MR) is 82.6 cm³/mol. The second-order valence-electron chi connectivity index (χ2n) is 5.03. The first kappa shape index (κ1) is 15.0. The van der Waals surface area contributed by atoms with E-state index in [4.69, 9.17) is 11.6 Å². The number of hydrogen-bond donors (Lipinski definition) is 1. The Labute approximate surface area is 133 Å². The average Bonchev–Trinajstić information content (AvgIpc) is 2.51. The van der Waals surface area contributed by atoms with Crippen molar-refractivity contribution in [2.24, 2.45) is 0 Å². The molecule has 0 spiro atoms. The predicted octanol–water partition coefficient (Wildman–Crippen LogP) is 2.38. The molecule has 0 bridgehead atoms. The number of halogens is 1. The number of nitrogens with zero attached hydrogens (tertiary/aromatic N) is 1. The number of aromatic nitrogens is 1. The van der Waals surface area contributed by atoms with Crippen LogP contribution >= 0.6 is 11.6 Å². The van der Waals surface area contributed by atoms with Gasteiger partial charge in [0.2, 0.25) is 0 Å². The van der Waals surface area contributed by atoms with Crippen molar-refractivity contribution in [3.05, 3.63) is 58.9 Å². The molecule has 0 fully saturated rings. The normalized spacial score (nSPS) is 19.2. The van der Waals surface area contributed by atoms with Gasteiger partial charge in [0, 0.05) is 12.4 Å². The second kappa shape index (κ2) is 5.70. The Bertz CT molecular complexity index is 836. The molecule has 5 nitrogen and oxygen atoms in total. The minimum absolute atomic E-state index is 0.0129. The van der Waals surface area contributed by atoms with Gasteiger partial charge in [-0.2, -0.15) is 0 Å². The fourth-order valence-corrected chi connectivity index (χ4v) is 4.36. The van der Waals surface area contributed by atoms with Gasteiger partial charge in [-0.15, -0.1) is 0 Å². The Morgan fingerprint density at radius 1 is 1.27 bits per heavy atom. The highest BCUT2D eigenvalue weighted by atomic mass is 35.5. The maximum Gasteiger partial charge on any atom is 0.253 e.